The van der Waals surface area contributed by atoms with Gasteiger partial charge >= 0.3 is 0 Å². The average molecular weight is 245 g/mol. The lowest BCUT2D eigenvalue weighted by Crippen LogP contribution is -2.12. The van der Waals surface area contributed by atoms with Gasteiger partial charge in [0.2, 0.25) is 0 Å². The molecule has 0 aliphatic rings. The zero-order valence-corrected chi connectivity index (χ0v) is 10.4. The van der Waals surface area contributed by atoms with E-state index in [2.05, 4.69) is 0 Å². The van der Waals surface area contributed by atoms with E-state index in [1.807, 2.05) is 32.0 Å². The Labute approximate surface area is 104 Å². The number of aliphatic hydroxyl groups excluding tert-OH is 1. The van der Waals surface area contributed by atoms with Gasteiger partial charge in [0.05, 0.1) is 6.10 Å². The fraction of sp³-hybridized carbons (Fsp3) is 0.286. The first-order valence-corrected chi connectivity index (χ1v) is 5.91. The Morgan fingerprint density at radius 1 is 1.17 bits per heavy atom. The van der Waals surface area contributed by atoms with Crippen LogP contribution in [0.2, 0.25) is 0 Å². The van der Waals surface area contributed by atoms with Crippen molar-refractivity contribution < 1.29 is 13.9 Å². The summed E-state index contributed by atoms with van der Waals surface area (Å²) in [6.07, 6.45) is -0.751. The van der Waals surface area contributed by atoms with Gasteiger partial charge in [-0.2, -0.15) is 0 Å². The number of nitrogens with two attached hydrogens (primary N) is 1. The number of rotatable bonds is 2. The number of benzene rings is 1. The molecule has 4 nitrogen and oxygen atoms in total. The SMILES string of the molecule is Cc1cc2c(C(O)CN)c3oc(C)cc3cc2o1. The molecule has 0 fully saturated rings. The summed E-state index contributed by atoms with van der Waals surface area (Å²) in [6.45, 7) is 3.91. The van der Waals surface area contributed by atoms with Crippen molar-refractivity contribution in [2.45, 2.75) is 20.0 Å². The highest BCUT2D eigenvalue weighted by Crippen LogP contribution is 2.35. The molecule has 94 valence electrons. The van der Waals surface area contributed by atoms with Gasteiger partial charge < -0.3 is 19.7 Å². The Hall–Kier alpha value is -1.78. The van der Waals surface area contributed by atoms with E-state index in [0.29, 0.717) is 5.58 Å². The molecular weight excluding hydrogens is 230 g/mol. The quantitative estimate of drug-likeness (QED) is 0.728. The molecule has 2 aromatic heterocycles. The highest BCUT2D eigenvalue weighted by atomic mass is 16.3. The van der Waals surface area contributed by atoms with Gasteiger partial charge in [0, 0.05) is 22.9 Å². The van der Waals surface area contributed by atoms with Crippen LogP contribution in [-0.4, -0.2) is 11.7 Å². The molecule has 1 atom stereocenters. The normalized spacial score (nSPS) is 13.6. The van der Waals surface area contributed by atoms with Gasteiger partial charge in [-0.25, -0.2) is 0 Å². The zero-order chi connectivity index (χ0) is 12.9. The summed E-state index contributed by atoms with van der Waals surface area (Å²) in [7, 11) is 0. The summed E-state index contributed by atoms with van der Waals surface area (Å²) in [5.74, 6) is 1.61. The predicted molar refractivity (Wildman–Crippen MR) is 69.5 cm³/mol. The Bertz CT molecular complexity index is 669. The molecule has 0 aliphatic carbocycles. The van der Waals surface area contributed by atoms with E-state index in [9.17, 15) is 5.11 Å². The molecule has 1 unspecified atom stereocenters. The lowest BCUT2D eigenvalue weighted by atomic mass is 10.0. The molecular formula is C14H15NO3. The first kappa shape index (κ1) is 11.3. The summed E-state index contributed by atoms with van der Waals surface area (Å²) >= 11 is 0. The topological polar surface area (TPSA) is 72.5 Å². The van der Waals surface area contributed by atoms with Crippen LogP contribution in [0.3, 0.4) is 0 Å². The van der Waals surface area contributed by atoms with E-state index in [1.165, 1.54) is 0 Å². The van der Waals surface area contributed by atoms with E-state index in [1.54, 1.807) is 0 Å². The number of furan rings is 2. The van der Waals surface area contributed by atoms with Crippen LogP contribution in [-0.2, 0) is 0 Å². The predicted octanol–water partition coefficient (Wildman–Crippen LogP) is 2.79. The molecule has 0 spiro atoms. The smallest absolute Gasteiger partial charge is 0.140 e. The average Bonchev–Trinajstić information content (AvgIpc) is 2.85. The second-order valence-electron chi connectivity index (χ2n) is 4.59. The highest BCUT2D eigenvalue weighted by Gasteiger charge is 2.19. The van der Waals surface area contributed by atoms with Gasteiger partial charge in [-0.05, 0) is 32.0 Å². The van der Waals surface area contributed by atoms with E-state index < -0.39 is 6.10 Å². The fourth-order valence-corrected chi connectivity index (χ4v) is 2.41. The summed E-state index contributed by atoms with van der Waals surface area (Å²) in [5.41, 5.74) is 7.74. The lowest BCUT2D eigenvalue weighted by Gasteiger charge is -2.09. The monoisotopic (exact) mass is 245 g/mol. The Kier molecular flexibility index (Phi) is 2.43. The summed E-state index contributed by atoms with van der Waals surface area (Å²) in [5, 5.41) is 11.9. The second kappa shape index (κ2) is 3.86. The Balaban J connectivity index is 2.47. The zero-order valence-electron chi connectivity index (χ0n) is 10.4. The molecule has 0 aliphatic heterocycles. The van der Waals surface area contributed by atoms with Gasteiger partial charge in [-0.1, -0.05) is 0 Å². The Morgan fingerprint density at radius 3 is 2.61 bits per heavy atom. The number of aliphatic hydroxyl groups is 1. The summed E-state index contributed by atoms with van der Waals surface area (Å²) in [6, 6.07) is 5.76. The summed E-state index contributed by atoms with van der Waals surface area (Å²) < 4.78 is 11.3. The minimum Gasteiger partial charge on any atom is -0.461 e. The lowest BCUT2D eigenvalue weighted by molar-refractivity contribution is 0.188. The van der Waals surface area contributed by atoms with Gasteiger partial charge in [0.25, 0.3) is 0 Å². The molecule has 1 aromatic carbocycles. The number of hydrogen-bond acceptors (Lipinski definition) is 4. The maximum Gasteiger partial charge on any atom is 0.140 e. The molecule has 3 N–H and O–H groups in total. The van der Waals surface area contributed by atoms with Crippen LogP contribution in [0.15, 0.2) is 27.0 Å². The molecule has 0 saturated carbocycles. The molecule has 0 radical (unpaired) electrons. The van der Waals surface area contributed by atoms with Crippen LogP contribution in [0.5, 0.6) is 0 Å². The van der Waals surface area contributed by atoms with Crippen molar-refractivity contribution >= 4 is 21.9 Å². The molecule has 0 bridgehead atoms. The van der Waals surface area contributed by atoms with Crippen LogP contribution in [0, 0.1) is 13.8 Å². The van der Waals surface area contributed by atoms with Gasteiger partial charge in [-0.15, -0.1) is 0 Å². The van der Waals surface area contributed by atoms with Crippen molar-refractivity contribution in [1.29, 1.82) is 0 Å². The first-order chi connectivity index (χ1) is 8.60. The van der Waals surface area contributed by atoms with Crippen molar-refractivity contribution in [3.63, 3.8) is 0 Å². The van der Waals surface area contributed by atoms with Crippen LogP contribution < -0.4 is 5.73 Å². The molecule has 3 aromatic rings. The van der Waals surface area contributed by atoms with E-state index in [0.717, 1.165) is 33.4 Å². The molecule has 3 rings (SSSR count). The molecule has 18 heavy (non-hydrogen) atoms. The van der Waals surface area contributed by atoms with Crippen molar-refractivity contribution in [2.75, 3.05) is 6.54 Å². The van der Waals surface area contributed by atoms with Gasteiger partial charge in [0.1, 0.15) is 22.7 Å². The first-order valence-electron chi connectivity index (χ1n) is 5.91. The maximum absolute atomic E-state index is 10.1. The van der Waals surface area contributed by atoms with Crippen LogP contribution in [0.25, 0.3) is 21.9 Å². The standard InChI is InChI=1S/C14H15NO3/c1-7-3-9-5-12-10(4-8(2)17-12)13(11(16)6-15)14(9)18-7/h3-5,11,16H,6,15H2,1-2H3. The molecule has 2 heterocycles. The molecule has 0 saturated heterocycles. The van der Waals surface area contributed by atoms with Gasteiger partial charge in [-0.3, -0.25) is 0 Å². The van der Waals surface area contributed by atoms with Crippen molar-refractivity contribution in [3.8, 4) is 0 Å². The second-order valence-corrected chi connectivity index (χ2v) is 4.59. The highest BCUT2D eigenvalue weighted by molar-refractivity contribution is 5.98. The Morgan fingerprint density at radius 2 is 1.89 bits per heavy atom. The number of fused-ring (bicyclic) bond motifs is 2. The minimum atomic E-state index is -0.751. The third-order valence-electron chi connectivity index (χ3n) is 3.15. The van der Waals surface area contributed by atoms with E-state index >= 15 is 0 Å². The largest absolute Gasteiger partial charge is 0.461 e. The third-order valence-corrected chi connectivity index (χ3v) is 3.15. The van der Waals surface area contributed by atoms with Crippen LogP contribution >= 0.6 is 0 Å². The fourth-order valence-electron chi connectivity index (χ4n) is 2.41. The summed E-state index contributed by atoms with van der Waals surface area (Å²) in [4.78, 5) is 0. The van der Waals surface area contributed by atoms with Crippen molar-refractivity contribution in [2.24, 2.45) is 5.73 Å². The maximum atomic E-state index is 10.1. The number of hydrogen-bond donors (Lipinski definition) is 2. The number of aryl methyl sites for hydroxylation is 2. The molecule has 4 heteroatoms. The minimum absolute atomic E-state index is 0.151. The third kappa shape index (κ3) is 1.54. The van der Waals surface area contributed by atoms with E-state index in [-0.39, 0.29) is 6.54 Å². The van der Waals surface area contributed by atoms with Crippen molar-refractivity contribution in [3.05, 3.63) is 35.3 Å². The van der Waals surface area contributed by atoms with Crippen LogP contribution in [0.4, 0.5) is 0 Å². The molecule has 0 amide bonds. The van der Waals surface area contributed by atoms with Gasteiger partial charge in [0.15, 0.2) is 0 Å². The van der Waals surface area contributed by atoms with Crippen LogP contribution in [0.1, 0.15) is 23.2 Å². The van der Waals surface area contributed by atoms with E-state index in [4.69, 9.17) is 14.6 Å². The van der Waals surface area contributed by atoms with Crippen molar-refractivity contribution in [1.82, 2.24) is 0 Å².